The maximum atomic E-state index is 6.22. The maximum absolute atomic E-state index is 6.22. The molecule has 1 N–H and O–H groups in total. The SMILES string of the molecule is CC(C)(C)NCCCCCOc1cccc(O[C@H]2CC[C@H](OC(C)(C)C)CC2)c1. The Bertz CT molecular complexity index is 580. The van der Waals surface area contributed by atoms with Gasteiger partial charge in [0, 0.05) is 11.6 Å². The molecule has 0 bridgehead atoms. The predicted octanol–water partition coefficient (Wildman–Crippen LogP) is 6.13. The first kappa shape index (κ1) is 24.0. The van der Waals surface area contributed by atoms with Crippen molar-refractivity contribution in [3.8, 4) is 11.5 Å². The third-order valence-corrected chi connectivity index (χ3v) is 4.99. The van der Waals surface area contributed by atoms with Crippen molar-refractivity contribution in [2.45, 2.75) is 110 Å². The Kier molecular flexibility index (Phi) is 9.29. The van der Waals surface area contributed by atoms with Crippen LogP contribution < -0.4 is 14.8 Å². The first-order chi connectivity index (χ1) is 13.6. The van der Waals surface area contributed by atoms with E-state index in [1.807, 2.05) is 24.3 Å². The molecule has 0 saturated heterocycles. The highest BCUT2D eigenvalue weighted by atomic mass is 16.5. The summed E-state index contributed by atoms with van der Waals surface area (Å²) in [7, 11) is 0. The first-order valence-electron chi connectivity index (χ1n) is 11.4. The second-order valence-corrected chi connectivity index (χ2v) is 10.3. The van der Waals surface area contributed by atoms with E-state index in [0.717, 1.165) is 56.8 Å². The highest BCUT2D eigenvalue weighted by Crippen LogP contribution is 2.29. The molecule has 0 spiro atoms. The van der Waals surface area contributed by atoms with Crippen molar-refractivity contribution in [3.63, 3.8) is 0 Å². The van der Waals surface area contributed by atoms with E-state index in [2.05, 4.69) is 46.9 Å². The second kappa shape index (κ2) is 11.2. The van der Waals surface area contributed by atoms with Crippen LogP contribution in [0.3, 0.4) is 0 Å². The van der Waals surface area contributed by atoms with Gasteiger partial charge in [0.15, 0.2) is 0 Å². The smallest absolute Gasteiger partial charge is 0.123 e. The van der Waals surface area contributed by atoms with Crippen LogP contribution in [0, 0.1) is 0 Å². The van der Waals surface area contributed by atoms with Crippen LogP contribution in [0.4, 0.5) is 0 Å². The predicted molar refractivity (Wildman–Crippen MR) is 121 cm³/mol. The minimum atomic E-state index is -0.0624. The van der Waals surface area contributed by atoms with Crippen molar-refractivity contribution in [2.24, 2.45) is 0 Å². The van der Waals surface area contributed by atoms with Gasteiger partial charge in [0.05, 0.1) is 24.4 Å². The molecular formula is C25H43NO3. The van der Waals surface area contributed by atoms with Crippen LogP contribution in [-0.2, 0) is 4.74 Å². The van der Waals surface area contributed by atoms with Crippen LogP contribution >= 0.6 is 0 Å². The molecule has 0 heterocycles. The van der Waals surface area contributed by atoms with Crippen molar-refractivity contribution < 1.29 is 14.2 Å². The zero-order valence-electron chi connectivity index (χ0n) is 19.6. The lowest BCUT2D eigenvalue weighted by Crippen LogP contribution is -2.36. The minimum Gasteiger partial charge on any atom is -0.493 e. The zero-order chi connectivity index (χ0) is 21.3. The van der Waals surface area contributed by atoms with Crippen molar-refractivity contribution in [1.82, 2.24) is 5.32 Å². The molecule has 29 heavy (non-hydrogen) atoms. The van der Waals surface area contributed by atoms with Gasteiger partial charge in [-0.25, -0.2) is 0 Å². The molecule has 0 aromatic heterocycles. The van der Waals surface area contributed by atoms with Gasteiger partial charge in [-0.3, -0.25) is 0 Å². The Balaban J connectivity index is 1.64. The Labute approximate surface area is 178 Å². The summed E-state index contributed by atoms with van der Waals surface area (Å²) in [6, 6.07) is 8.09. The molecular weight excluding hydrogens is 362 g/mol. The number of benzene rings is 1. The molecule has 0 unspecified atom stereocenters. The van der Waals surface area contributed by atoms with Crippen LogP contribution in [0.1, 0.15) is 86.5 Å². The highest BCUT2D eigenvalue weighted by molar-refractivity contribution is 5.33. The molecule has 1 aliphatic carbocycles. The van der Waals surface area contributed by atoms with E-state index in [0.29, 0.717) is 6.10 Å². The molecule has 166 valence electrons. The van der Waals surface area contributed by atoms with Gasteiger partial charge in [-0.1, -0.05) is 6.07 Å². The van der Waals surface area contributed by atoms with E-state index < -0.39 is 0 Å². The van der Waals surface area contributed by atoms with Gasteiger partial charge >= 0.3 is 0 Å². The lowest BCUT2D eigenvalue weighted by Gasteiger charge is -2.33. The number of ether oxygens (including phenoxy) is 3. The number of hydrogen-bond acceptors (Lipinski definition) is 4. The van der Waals surface area contributed by atoms with Gasteiger partial charge in [-0.15, -0.1) is 0 Å². The fourth-order valence-electron chi connectivity index (χ4n) is 3.65. The van der Waals surface area contributed by atoms with Crippen molar-refractivity contribution in [2.75, 3.05) is 13.2 Å². The van der Waals surface area contributed by atoms with Crippen molar-refractivity contribution >= 4 is 0 Å². The van der Waals surface area contributed by atoms with Gasteiger partial charge < -0.3 is 19.5 Å². The topological polar surface area (TPSA) is 39.7 Å². The van der Waals surface area contributed by atoms with E-state index in [9.17, 15) is 0 Å². The summed E-state index contributed by atoms with van der Waals surface area (Å²) in [5.74, 6) is 1.82. The molecule has 4 heteroatoms. The molecule has 1 saturated carbocycles. The molecule has 1 aromatic carbocycles. The van der Waals surface area contributed by atoms with Crippen LogP contribution in [-0.4, -0.2) is 36.5 Å². The summed E-state index contributed by atoms with van der Waals surface area (Å²) in [5, 5.41) is 3.53. The average Bonchev–Trinajstić information content (AvgIpc) is 2.61. The number of hydrogen-bond donors (Lipinski definition) is 1. The summed E-state index contributed by atoms with van der Waals surface area (Å²) >= 11 is 0. The summed E-state index contributed by atoms with van der Waals surface area (Å²) < 4.78 is 18.3. The van der Waals surface area contributed by atoms with E-state index in [-0.39, 0.29) is 17.2 Å². The number of rotatable bonds is 10. The normalized spacial score (nSPS) is 20.5. The first-order valence-corrected chi connectivity index (χ1v) is 11.4. The summed E-state index contributed by atoms with van der Waals surface area (Å²) in [6.07, 6.45) is 8.33. The third-order valence-electron chi connectivity index (χ3n) is 4.99. The Morgan fingerprint density at radius 3 is 2.17 bits per heavy atom. The van der Waals surface area contributed by atoms with E-state index in [1.54, 1.807) is 0 Å². The second-order valence-electron chi connectivity index (χ2n) is 10.3. The lowest BCUT2D eigenvalue weighted by molar-refractivity contribution is -0.0832. The van der Waals surface area contributed by atoms with Crippen LogP contribution in [0.25, 0.3) is 0 Å². The third kappa shape index (κ3) is 10.9. The lowest BCUT2D eigenvalue weighted by atomic mass is 9.94. The molecule has 1 fully saturated rings. The molecule has 0 aliphatic heterocycles. The average molecular weight is 406 g/mol. The van der Waals surface area contributed by atoms with Crippen LogP contribution in [0.2, 0.25) is 0 Å². The fraction of sp³-hybridized carbons (Fsp3) is 0.760. The fourth-order valence-corrected chi connectivity index (χ4v) is 3.65. The Morgan fingerprint density at radius 1 is 0.862 bits per heavy atom. The standard InChI is InChI=1S/C25H43NO3/c1-24(2,3)26-17-8-7-9-18-27-22-11-10-12-23(19-22)28-20-13-15-21(16-14-20)29-25(4,5)6/h10-12,19-21,26H,7-9,13-18H2,1-6H3/t20-,21-. The Hall–Kier alpha value is -1.26. The molecule has 2 rings (SSSR count). The largest absolute Gasteiger partial charge is 0.493 e. The van der Waals surface area contributed by atoms with Gasteiger partial charge in [0.25, 0.3) is 0 Å². The zero-order valence-corrected chi connectivity index (χ0v) is 19.6. The number of unbranched alkanes of at least 4 members (excludes halogenated alkanes) is 2. The summed E-state index contributed by atoms with van der Waals surface area (Å²) in [4.78, 5) is 0. The highest BCUT2D eigenvalue weighted by Gasteiger charge is 2.26. The maximum Gasteiger partial charge on any atom is 0.123 e. The summed E-state index contributed by atoms with van der Waals surface area (Å²) in [5.41, 5.74) is 0.142. The molecule has 4 nitrogen and oxygen atoms in total. The summed E-state index contributed by atoms with van der Waals surface area (Å²) in [6.45, 7) is 14.8. The van der Waals surface area contributed by atoms with Gasteiger partial charge in [0.2, 0.25) is 0 Å². The van der Waals surface area contributed by atoms with Crippen LogP contribution in [0.5, 0.6) is 11.5 Å². The van der Waals surface area contributed by atoms with Gasteiger partial charge in [-0.2, -0.15) is 0 Å². The monoisotopic (exact) mass is 405 g/mol. The molecule has 1 aromatic rings. The quantitative estimate of drug-likeness (QED) is 0.475. The molecule has 0 radical (unpaired) electrons. The van der Waals surface area contributed by atoms with E-state index >= 15 is 0 Å². The molecule has 1 aliphatic rings. The van der Waals surface area contributed by atoms with Crippen molar-refractivity contribution in [1.29, 1.82) is 0 Å². The van der Waals surface area contributed by atoms with E-state index in [4.69, 9.17) is 14.2 Å². The Morgan fingerprint density at radius 2 is 1.52 bits per heavy atom. The van der Waals surface area contributed by atoms with E-state index in [1.165, 1.54) is 12.8 Å². The molecule has 0 amide bonds. The molecule has 0 atom stereocenters. The minimum absolute atomic E-state index is 0.0624. The van der Waals surface area contributed by atoms with Crippen molar-refractivity contribution in [3.05, 3.63) is 24.3 Å². The number of nitrogens with one attached hydrogen (secondary N) is 1. The van der Waals surface area contributed by atoms with Gasteiger partial charge in [-0.05, 0) is 105 Å². The van der Waals surface area contributed by atoms with Gasteiger partial charge in [0.1, 0.15) is 11.5 Å². The van der Waals surface area contributed by atoms with Crippen LogP contribution in [0.15, 0.2) is 24.3 Å².